The van der Waals surface area contributed by atoms with Crippen LogP contribution in [0.2, 0.25) is 0 Å². The van der Waals surface area contributed by atoms with Crippen molar-refractivity contribution in [3.63, 3.8) is 0 Å². The fourth-order valence-electron chi connectivity index (χ4n) is 1.08. The highest BCUT2D eigenvalue weighted by molar-refractivity contribution is 9.10. The molecule has 2 nitrogen and oxygen atoms in total. The van der Waals surface area contributed by atoms with Gasteiger partial charge in [-0.15, -0.1) is 0 Å². The molecule has 1 atom stereocenters. The highest BCUT2D eigenvalue weighted by Crippen LogP contribution is 2.29. The van der Waals surface area contributed by atoms with Gasteiger partial charge < -0.3 is 9.30 Å². The Kier molecular flexibility index (Phi) is 8.27. The standard InChI is InChI=1S/C10H22BrO2P/c1-4-13-7-5-8-14(12)9-6-10(2,3)11/h14H,4-9H2,1-3H3. The molecule has 0 bridgehead atoms. The van der Waals surface area contributed by atoms with Gasteiger partial charge in [0.1, 0.15) is 0 Å². The summed E-state index contributed by atoms with van der Waals surface area (Å²) in [7, 11) is -1.36. The minimum atomic E-state index is -1.36. The third-order valence-corrected chi connectivity index (χ3v) is 4.06. The van der Waals surface area contributed by atoms with Crippen molar-refractivity contribution in [2.45, 2.75) is 37.9 Å². The molecule has 0 aromatic carbocycles. The molecule has 0 saturated heterocycles. The summed E-state index contributed by atoms with van der Waals surface area (Å²) in [6.07, 6.45) is 3.62. The fourth-order valence-corrected chi connectivity index (χ4v) is 3.33. The maximum absolute atomic E-state index is 11.6. The summed E-state index contributed by atoms with van der Waals surface area (Å²) in [6.45, 7) is 7.72. The van der Waals surface area contributed by atoms with Crippen molar-refractivity contribution in [3.05, 3.63) is 0 Å². The van der Waals surface area contributed by atoms with Gasteiger partial charge in [-0.2, -0.15) is 0 Å². The predicted octanol–water partition coefficient (Wildman–Crippen LogP) is 3.54. The molecule has 0 aliphatic carbocycles. The van der Waals surface area contributed by atoms with Gasteiger partial charge in [0.05, 0.1) is 7.80 Å². The first-order valence-electron chi connectivity index (χ1n) is 5.24. The van der Waals surface area contributed by atoms with E-state index in [0.717, 1.165) is 38.4 Å². The topological polar surface area (TPSA) is 26.3 Å². The molecule has 0 saturated carbocycles. The highest BCUT2D eigenvalue weighted by Gasteiger charge is 2.13. The van der Waals surface area contributed by atoms with Gasteiger partial charge in [0.15, 0.2) is 0 Å². The van der Waals surface area contributed by atoms with E-state index in [-0.39, 0.29) is 4.32 Å². The van der Waals surface area contributed by atoms with E-state index in [0.29, 0.717) is 0 Å². The van der Waals surface area contributed by atoms with Crippen LogP contribution < -0.4 is 0 Å². The molecule has 0 aromatic heterocycles. The monoisotopic (exact) mass is 284 g/mol. The van der Waals surface area contributed by atoms with E-state index >= 15 is 0 Å². The first kappa shape index (κ1) is 14.7. The highest BCUT2D eigenvalue weighted by atomic mass is 79.9. The molecule has 0 fully saturated rings. The Hall–Kier alpha value is 0.670. The van der Waals surface area contributed by atoms with Crippen molar-refractivity contribution in [2.75, 3.05) is 25.5 Å². The third kappa shape index (κ3) is 10.7. The summed E-state index contributed by atoms with van der Waals surface area (Å²) < 4.78 is 16.9. The minimum Gasteiger partial charge on any atom is -0.382 e. The Morgan fingerprint density at radius 2 is 2.00 bits per heavy atom. The van der Waals surface area contributed by atoms with Gasteiger partial charge in [0.2, 0.25) is 0 Å². The molecular formula is C10H22BrO2P. The number of alkyl halides is 1. The number of ether oxygens (including phenoxy) is 1. The fraction of sp³-hybridized carbons (Fsp3) is 1.00. The number of hydrogen-bond acceptors (Lipinski definition) is 2. The summed E-state index contributed by atoms with van der Waals surface area (Å²) in [4.78, 5) is 0. The average molecular weight is 285 g/mol. The van der Waals surface area contributed by atoms with Gasteiger partial charge in [-0.1, -0.05) is 29.8 Å². The molecule has 0 amide bonds. The zero-order chi connectivity index (χ0) is 11.0. The Morgan fingerprint density at radius 1 is 1.36 bits per heavy atom. The largest absolute Gasteiger partial charge is 0.382 e. The Balaban J connectivity index is 3.38. The van der Waals surface area contributed by atoms with Crippen molar-refractivity contribution in [2.24, 2.45) is 0 Å². The number of rotatable bonds is 8. The van der Waals surface area contributed by atoms with E-state index in [1.165, 1.54) is 0 Å². The first-order chi connectivity index (χ1) is 6.45. The molecule has 0 rings (SSSR count). The van der Waals surface area contributed by atoms with E-state index < -0.39 is 7.80 Å². The molecule has 1 unspecified atom stereocenters. The van der Waals surface area contributed by atoms with Crippen LogP contribution in [0.5, 0.6) is 0 Å². The zero-order valence-electron chi connectivity index (χ0n) is 9.44. The van der Waals surface area contributed by atoms with Gasteiger partial charge in [0.25, 0.3) is 0 Å². The lowest BCUT2D eigenvalue weighted by atomic mass is 10.2. The van der Waals surface area contributed by atoms with Gasteiger partial charge >= 0.3 is 0 Å². The van der Waals surface area contributed by atoms with Crippen molar-refractivity contribution < 1.29 is 9.30 Å². The SMILES string of the molecule is CCOCCC[PH](=O)CCC(C)(C)Br. The number of hydrogen-bond donors (Lipinski definition) is 0. The van der Waals surface area contributed by atoms with Crippen molar-refractivity contribution in [1.29, 1.82) is 0 Å². The lowest BCUT2D eigenvalue weighted by Gasteiger charge is -2.15. The number of halogens is 1. The van der Waals surface area contributed by atoms with E-state index in [4.69, 9.17) is 4.74 Å². The Bertz CT molecular complexity index is 166. The molecule has 0 aromatic rings. The van der Waals surface area contributed by atoms with E-state index in [9.17, 15) is 4.57 Å². The van der Waals surface area contributed by atoms with Crippen LogP contribution in [0.25, 0.3) is 0 Å². The molecule has 0 aliphatic heterocycles. The van der Waals surface area contributed by atoms with Crippen LogP contribution in [0.3, 0.4) is 0 Å². The molecule has 4 heteroatoms. The lowest BCUT2D eigenvalue weighted by Crippen LogP contribution is -2.10. The third-order valence-electron chi connectivity index (χ3n) is 1.95. The second-order valence-electron chi connectivity index (χ2n) is 4.06. The molecular weight excluding hydrogens is 263 g/mol. The van der Waals surface area contributed by atoms with Gasteiger partial charge in [-0.05, 0) is 25.9 Å². The Labute approximate surface area is 96.7 Å². The summed E-state index contributed by atoms with van der Waals surface area (Å²) in [5.74, 6) is 0. The molecule has 0 aliphatic rings. The summed E-state index contributed by atoms with van der Waals surface area (Å²) in [6, 6.07) is 0. The predicted molar refractivity (Wildman–Crippen MR) is 67.5 cm³/mol. The van der Waals surface area contributed by atoms with Gasteiger partial charge in [-0.3, -0.25) is 0 Å². The first-order valence-corrected chi connectivity index (χ1v) is 7.85. The van der Waals surface area contributed by atoms with Crippen LogP contribution in [0, 0.1) is 0 Å². The maximum atomic E-state index is 11.6. The average Bonchev–Trinajstić information content (AvgIpc) is 2.08. The molecule has 86 valence electrons. The Morgan fingerprint density at radius 3 is 2.50 bits per heavy atom. The second-order valence-corrected chi connectivity index (χ2v) is 8.28. The second kappa shape index (κ2) is 7.90. The van der Waals surface area contributed by atoms with Crippen molar-refractivity contribution in [3.8, 4) is 0 Å². The van der Waals surface area contributed by atoms with Crippen LogP contribution in [0.15, 0.2) is 0 Å². The normalized spacial score (nSPS) is 14.3. The van der Waals surface area contributed by atoms with Gasteiger partial charge in [-0.25, -0.2) is 0 Å². The summed E-state index contributed by atoms with van der Waals surface area (Å²) >= 11 is 3.55. The van der Waals surface area contributed by atoms with E-state index in [1.54, 1.807) is 0 Å². The van der Waals surface area contributed by atoms with E-state index in [1.807, 2.05) is 6.92 Å². The molecule has 0 heterocycles. The van der Waals surface area contributed by atoms with E-state index in [2.05, 4.69) is 29.8 Å². The minimum absolute atomic E-state index is 0.132. The maximum Gasteiger partial charge on any atom is 0.0763 e. The van der Waals surface area contributed by atoms with Crippen LogP contribution >= 0.6 is 23.7 Å². The molecule has 0 spiro atoms. The van der Waals surface area contributed by atoms with Crippen LogP contribution in [0.1, 0.15) is 33.6 Å². The lowest BCUT2D eigenvalue weighted by molar-refractivity contribution is 0.149. The molecule has 0 N–H and O–H groups in total. The van der Waals surface area contributed by atoms with Gasteiger partial charge in [0, 0.05) is 23.7 Å². The van der Waals surface area contributed by atoms with Crippen molar-refractivity contribution in [1.82, 2.24) is 0 Å². The van der Waals surface area contributed by atoms with Crippen LogP contribution in [-0.4, -0.2) is 29.9 Å². The summed E-state index contributed by atoms with van der Waals surface area (Å²) in [5.41, 5.74) is 0. The van der Waals surface area contributed by atoms with Crippen LogP contribution in [0.4, 0.5) is 0 Å². The van der Waals surface area contributed by atoms with Crippen molar-refractivity contribution >= 4 is 23.7 Å². The molecule has 14 heavy (non-hydrogen) atoms. The zero-order valence-corrected chi connectivity index (χ0v) is 12.0. The summed E-state index contributed by atoms with van der Waals surface area (Å²) in [5, 5.41) is 0. The smallest absolute Gasteiger partial charge is 0.0763 e. The molecule has 0 radical (unpaired) electrons. The van der Waals surface area contributed by atoms with Crippen LogP contribution in [-0.2, 0) is 9.30 Å². The quantitative estimate of drug-likeness (QED) is 0.387.